The molecule has 0 bridgehead atoms. The van der Waals surface area contributed by atoms with Crippen LogP contribution >= 0.6 is 0 Å². The van der Waals surface area contributed by atoms with Crippen LogP contribution in [0.15, 0.2) is 42.9 Å². The number of ether oxygens (including phenoxy) is 1. The minimum Gasteiger partial charge on any atom is -0.378 e. The quantitative estimate of drug-likeness (QED) is 0.748. The standard InChI is InChI=1S/C21H25N5O/c1-15-5-3-4-6-18(15)19-12-24-25-21(19)16-7-9-26(10-8-16)20-11-17(13-27-2)22-14-23-20/h3-6,11-12,14,16H,7-10,13H2,1-2H3,(H,24,25). The van der Waals surface area contributed by atoms with Crippen LogP contribution in [0.3, 0.4) is 0 Å². The summed E-state index contributed by atoms with van der Waals surface area (Å²) in [6, 6.07) is 10.5. The van der Waals surface area contributed by atoms with Crippen LogP contribution in [0.5, 0.6) is 0 Å². The fraction of sp³-hybridized carbons (Fsp3) is 0.381. The van der Waals surface area contributed by atoms with Gasteiger partial charge in [0.25, 0.3) is 0 Å². The fourth-order valence-electron chi connectivity index (χ4n) is 3.88. The van der Waals surface area contributed by atoms with Crippen LogP contribution in [0, 0.1) is 6.92 Å². The number of aromatic nitrogens is 4. The molecule has 27 heavy (non-hydrogen) atoms. The van der Waals surface area contributed by atoms with Gasteiger partial charge in [0.1, 0.15) is 12.1 Å². The average Bonchev–Trinajstić information content (AvgIpc) is 3.18. The zero-order valence-corrected chi connectivity index (χ0v) is 15.9. The summed E-state index contributed by atoms with van der Waals surface area (Å²) in [5.74, 6) is 1.47. The van der Waals surface area contributed by atoms with Crippen LogP contribution in [-0.4, -0.2) is 40.4 Å². The molecule has 1 aliphatic rings. The minimum atomic E-state index is 0.485. The first-order valence-corrected chi connectivity index (χ1v) is 9.40. The van der Waals surface area contributed by atoms with Crippen LogP contribution in [0.4, 0.5) is 5.82 Å². The van der Waals surface area contributed by atoms with Gasteiger partial charge in [0.05, 0.1) is 18.5 Å². The van der Waals surface area contributed by atoms with E-state index >= 15 is 0 Å². The predicted molar refractivity (Wildman–Crippen MR) is 106 cm³/mol. The molecule has 1 saturated heterocycles. The molecule has 6 nitrogen and oxygen atoms in total. The first-order chi connectivity index (χ1) is 13.3. The Morgan fingerprint density at radius 2 is 1.96 bits per heavy atom. The molecule has 3 aromatic rings. The van der Waals surface area contributed by atoms with Crippen molar-refractivity contribution in [2.24, 2.45) is 0 Å². The number of hydrogen-bond donors (Lipinski definition) is 1. The number of anilines is 1. The molecule has 3 heterocycles. The number of H-pyrrole nitrogens is 1. The number of aryl methyl sites for hydroxylation is 1. The highest BCUT2D eigenvalue weighted by atomic mass is 16.5. The van der Waals surface area contributed by atoms with Crippen molar-refractivity contribution in [3.63, 3.8) is 0 Å². The molecule has 1 N–H and O–H groups in total. The molecule has 6 heteroatoms. The highest BCUT2D eigenvalue weighted by Gasteiger charge is 2.25. The van der Waals surface area contributed by atoms with Crippen molar-refractivity contribution in [2.45, 2.75) is 32.3 Å². The molecular weight excluding hydrogens is 338 g/mol. The van der Waals surface area contributed by atoms with E-state index in [1.165, 1.54) is 22.4 Å². The third-order valence-corrected chi connectivity index (χ3v) is 5.33. The maximum atomic E-state index is 5.18. The molecule has 0 atom stereocenters. The topological polar surface area (TPSA) is 66.9 Å². The lowest BCUT2D eigenvalue weighted by Gasteiger charge is -2.32. The van der Waals surface area contributed by atoms with Gasteiger partial charge in [0, 0.05) is 43.4 Å². The van der Waals surface area contributed by atoms with Gasteiger partial charge in [-0.05, 0) is 30.9 Å². The summed E-state index contributed by atoms with van der Waals surface area (Å²) in [4.78, 5) is 11.0. The number of aromatic amines is 1. The number of benzene rings is 1. The van der Waals surface area contributed by atoms with E-state index in [4.69, 9.17) is 4.74 Å². The van der Waals surface area contributed by atoms with E-state index in [0.717, 1.165) is 37.4 Å². The normalized spacial score (nSPS) is 15.3. The number of methoxy groups -OCH3 is 1. The molecule has 0 unspecified atom stereocenters. The maximum absolute atomic E-state index is 5.18. The highest BCUT2D eigenvalue weighted by Crippen LogP contribution is 2.35. The van der Waals surface area contributed by atoms with Gasteiger partial charge in [-0.25, -0.2) is 9.97 Å². The summed E-state index contributed by atoms with van der Waals surface area (Å²) < 4.78 is 5.18. The Bertz CT molecular complexity index is 899. The summed E-state index contributed by atoms with van der Waals surface area (Å²) in [6.07, 6.45) is 5.74. The Kier molecular flexibility index (Phi) is 5.16. The number of hydrogen-bond acceptors (Lipinski definition) is 5. The molecule has 1 aliphatic heterocycles. The number of nitrogens with one attached hydrogen (secondary N) is 1. The Balaban J connectivity index is 1.49. The molecule has 1 aromatic carbocycles. The van der Waals surface area contributed by atoms with Gasteiger partial charge in [-0.15, -0.1) is 0 Å². The van der Waals surface area contributed by atoms with Crippen molar-refractivity contribution in [2.75, 3.05) is 25.1 Å². The maximum Gasteiger partial charge on any atom is 0.132 e. The number of rotatable bonds is 5. The van der Waals surface area contributed by atoms with Gasteiger partial charge in [-0.2, -0.15) is 5.10 Å². The van der Waals surface area contributed by atoms with Gasteiger partial charge in [0.2, 0.25) is 0 Å². The fourth-order valence-corrected chi connectivity index (χ4v) is 3.88. The third kappa shape index (κ3) is 3.71. The minimum absolute atomic E-state index is 0.485. The van der Waals surface area contributed by atoms with Gasteiger partial charge in [-0.3, -0.25) is 5.10 Å². The SMILES string of the molecule is COCc1cc(N2CCC(c3[nH]ncc3-c3ccccc3C)CC2)ncn1. The molecule has 4 rings (SSSR count). The largest absolute Gasteiger partial charge is 0.378 e. The molecular formula is C21H25N5O. The molecule has 1 fully saturated rings. The van der Waals surface area contributed by atoms with E-state index in [9.17, 15) is 0 Å². The lowest BCUT2D eigenvalue weighted by atomic mass is 9.88. The Hall–Kier alpha value is -2.73. The monoisotopic (exact) mass is 363 g/mol. The summed E-state index contributed by atoms with van der Waals surface area (Å²) in [6.45, 7) is 4.61. The van der Waals surface area contributed by atoms with Crippen LogP contribution < -0.4 is 4.90 Å². The van der Waals surface area contributed by atoms with Gasteiger partial charge in [-0.1, -0.05) is 24.3 Å². The van der Waals surface area contributed by atoms with Gasteiger partial charge in [0.15, 0.2) is 0 Å². The van der Waals surface area contributed by atoms with Gasteiger partial charge >= 0.3 is 0 Å². The molecule has 0 radical (unpaired) electrons. The second-order valence-corrected chi connectivity index (χ2v) is 7.07. The van der Waals surface area contributed by atoms with Crippen LogP contribution in [0.25, 0.3) is 11.1 Å². The Morgan fingerprint density at radius 1 is 1.15 bits per heavy atom. The van der Waals surface area contributed by atoms with E-state index in [1.807, 2.05) is 12.3 Å². The molecule has 2 aromatic heterocycles. The van der Waals surface area contributed by atoms with E-state index in [-0.39, 0.29) is 0 Å². The van der Waals surface area contributed by atoms with Crippen LogP contribution in [0.1, 0.15) is 35.7 Å². The smallest absolute Gasteiger partial charge is 0.132 e. The summed E-state index contributed by atoms with van der Waals surface area (Å²) >= 11 is 0. The number of nitrogens with zero attached hydrogens (tertiary/aromatic N) is 4. The summed E-state index contributed by atoms with van der Waals surface area (Å²) in [5.41, 5.74) is 5.95. The second-order valence-electron chi connectivity index (χ2n) is 7.07. The van der Waals surface area contributed by atoms with E-state index in [2.05, 4.69) is 56.3 Å². The third-order valence-electron chi connectivity index (χ3n) is 5.33. The van der Waals surface area contributed by atoms with Crippen molar-refractivity contribution < 1.29 is 4.74 Å². The molecule has 0 spiro atoms. The second kappa shape index (κ2) is 7.88. The zero-order chi connectivity index (χ0) is 18.6. The Morgan fingerprint density at radius 3 is 2.74 bits per heavy atom. The molecule has 0 saturated carbocycles. The zero-order valence-electron chi connectivity index (χ0n) is 15.9. The van der Waals surface area contributed by atoms with E-state index in [1.54, 1.807) is 13.4 Å². The molecule has 0 amide bonds. The summed E-state index contributed by atoms with van der Waals surface area (Å²) in [7, 11) is 1.68. The molecule has 140 valence electrons. The van der Waals surface area contributed by atoms with Crippen LogP contribution in [-0.2, 0) is 11.3 Å². The molecule has 0 aliphatic carbocycles. The Labute approximate surface area is 159 Å². The van der Waals surface area contributed by atoms with Crippen LogP contribution in [0.2, 0.25) is 0 Å². The highest BCUT2D eigenvalue weighted by molar-refractivity contribution is 5.69. The number of piperidine rings is 1. The predicted octanol–water partition coefficient (Wildman–Crippen LogP) is 3.71. The van der Waals surface area contributed by atoms with Crippen molar-refractivity contribution in [1.29, 1.82) is 0 Å². The first-order valence-electron chi connectivity index (χ1n) is 9.40. The average molecular weight is 363 g/mol. The van der Waals surface area contributed by atoms with Gasteiger partial charge < -0.3 is 9.64 Å². The van der Waals surface area contributed by atoms with Crippen molar-refractivity contribution in [1.82, 2.24) is 20.2 Å². The lowest BCUT2D eigenvalue weighted by Crippen LogP contribution is -2.33. The van der Waals surface area contributed by atoms with Crippen molar-refractivity contribution in [3.05, 3.63) is 59.8 Å². The summed E-state index contributed by atoms with van der Waals surface area (Å²) in [5, 5.41) is 7.62. The first kappa shape index (κ1) is 17.7. The van der Waals surface area contributed by atoms with E-state index < -0.39 is 0 Å². The van der Waals surface area contributed by atoms with E-state index in [0.29, 0.717) is 12.5 Å². The van der Waals surface area contributed by atoms with Crippen molar-refractivity contribution >= 4 is 5.82 Å². The lowest BCUT2D eigenvalue weighted by molar-refractivity contribution is 0.181. The van der Waals surface area contributed by atoms with Crippen molar-refractivity contribution in [3.8, 4) is 11.1 Å².